The predicted octanol–water partition coefficient (Wildman–Crippen LogP) is 9.39. The fourth-order valence-electron chi connectivity index (χ4n) is 6.86. The van der Waals surface area contributed by atoms with Gasteiger partial charge in [0.1, 0.15) is 36.8 Å². The smallest absolute Gasteiger partial charge is 0.306 e. The Morgan fingerprint density at radius 2 is 1.02 bits per heavy atom. The van der Waals surface area contributed by atoms with Gasteiger partial charge in [-0.3, -0.25) is 14.1 Å². The number of aliphatic hydroxyl groups is 3. The molecule has 1 heterocycles. The van der Waals surface area contributed by atoms with Crippen molar-refractivity contribution in [1.82, 2.24) is 0 Å². The van der Waals surface area contributed by atoms with E-state index in [1.54, 1.807) is 0 Å². The van der Waals surface area contributed by atoms with Gasteiger partial charge in [0.05, 0.1) is 6.61 Å². The van der Waals surface area contributed by atoms with Crippen LogP contribution in [-0.2, 0) is 38.7 Å². The second-order valence-corrected chi connectivity index (χ2v) is 17.6. The van der Waals surface area contributed by atoms with Gasteiger partial charge < -0.3 is 34.3 Å². The maximum atomic E-state index is 12.8. The molecule has 0 saturated carbocycles. The highest BCUT2D eigenvalue weighted by Crippen LogP contribution is 2.24. The lowest BCUT2D eigenvalue weighted by atomic mass is 10.00. The van der Waals surface area contributed by atoms with Crippen LogP contribution in [0.4, 0.5) is 0 Å². The second-order valence-electron chi connectivity index (χ2n) is 16.1. The fraction of sp³-hybridized carbons (Fsp3) is 0.826. The molecule has 344 valence electrons. The molecule has 12 nitrogen and oxygen atoms in total. The Balaban J connectivity index is 2.46. The van der Waals surface area contributed by atoms with E-state index < -0.39 is 71.2 Å². The number of unbranched alkanes of at least 4 members (excludes halogenated alkanes) is 20. The van der Waals surface area contributed by atoms with Crippen LogP contribution in [0.1, 0.15) is 187 Å². The summed E-state index contributed by atoms with van der Waals surface area (Å²) in [5, 5.41) is 30.9. The van der Waals surface area contributed by atoms with Crippen molar-refractivity contribution in [2.45, 2.75) is 224 Å². The summed E-state index contributed by atoms with van der Waals surface area (Å²) in [6.07, 6.45) is 31.9. The van der Waals surface area contributed by atoms with E-state index in [1.807, 2.05) is 0 Å². The Morgan fingerprint density at radius 1 is 0.576 bits per heavy atom. The monoisotopic (exact) mass is 859 g/mol. The highest BCUT2D eigenvalue weighted by Gasteiger charge is 2.46. The first-order valence-corrected chi connectivity index (χ1v) is 24.7. The molecule has 0 spiro atoms. The molecule has 0 aliphatic carbocycles. The molecule has 0 radical (unpaired) electrons. The van der Waals surface area contributed by atoms with E-state index in [-0.39, 0.29) is 19.4 Å². The summed E-state index contributed by atoms with van der Waals surface area (Å²) in [6.45, 7) is 3.70. The number of rotatable bonds is 38. The van der Waals surface area contributed by atoms with Crippen LogP contribution < -0.4 is 0 Å². The van der Waals surface area contributed by atoms with E-state index in [9.17, 15) is 37.9 Å². The van der Waals surface area contributed by atoms with Gasteiger partial charge in [-0.05, 0) is 51.4 Å². The molecule has 2 unspecified atom stereocenters. The van der Waals surface area contributed by atoms with Gasteiger partial charge in [0.25, 0.3) is 10.1 Å². The summed E-state index contributed by atoms with van der Waals surface area (Å²) in [4.78, 5) is 25.4. The summed E-state index contributed by atoms with van der Waals surface area (Å²) < 4.78 is 54.0. The Hall–Kier alpha value is -2.13. The number of hydrogen-bond acceptors (Lipinski definition) is 11. The average molecular weight is 859 g/mol. The Morgan fingerprint density at radius 3 is 1.54 bits per heavy atom. The number of ether oxygens (including phenoxy) is 4. The summed E-state index contributed by atoms with van der Waals surface area (Å²) in [5.41, 5.74) is 0. The zero-order valence-electron chi connectivity index (χ0n) is 36.6. The van der Waals surface area contributed by atoms with Crippen LogP contribution in [0.5, 0.6) is 0 Å². The maximum Gasteiger partial charge on any atom is 0.306 e. The standard InChI is InChI=1S/C46H82O12S/c1-3-5-7-9-11-13-15-17-19-21-23-25-27-29-31-33-35-42(48)57-39(37-56-46-45(51)44(50)43(49)40(58-46)38-59(52,53)54)36-55-41(47)34-32-30-28-26-24-22-20-18-16-14-12-10-8-6-4-2/h12,14,18,20,24,26,39-40,43-46,49-51H,3-11,13,15-17,19,21-23,25,27-38H2,1-2H3,(H,52,53,54)/b14-12+,20-18+,26-24+/t39-,40-,43-,44?,45?,46+/m1/s1. The van der Waals surface area contributed by atoms with Crippen molar-refractivity contribution in [3.63, 3.8) is 0 Å². The molecule has 59 heavy (non-hydrogen) atoms. The van der Waals surface area contributed by atoms with Gasteiger partial charge >= 0.3 is 11.9 Å². The molecule has 4 N–H and O–H groups in total. The first-order chi connectivity index (χ1) is 28.5. The molecule has 0 aromatic heterocycles. The number of hydrogen-bond donors (Lipinski definition) is 4. The molecule has 1 fully saturated rings. The third kappa shape index (κ3) is 31.4. The molecule has 1 aliphatic heterocycles. The van der Waals surface area contributed by atoms with Crippen LogP contribution in [0.25, 0.3) is 0 Å². The fourth-order valence-corrected chi connectivity index (χ4v) is 7.55. The molecule has 13 heteroatoms. The summed E-state index contributed by atoms with van der Waals surface area (Å²) in [6, 6.07) is 0. The van der Waals surface area contributed by atoms with E-state index in [0.717, 1.165) is 51.4 Å². The SMILES string of the molecule is CCCCC/C=C/C/C=C/C/C=C/CCCCC(=O)OC[C@H](CO[C@H]1O[C@H](CS(=O)(=O)O)[C@@H](O)C(O)C1O)OC(=O)CCCCCCCCCCCCCCCCCC. The van der Waals surface area contributed by atoms with Crippen molar-refractivity contribution >= 4 is 22.1 Å². The van der Waals surface area contributed by atoms with Crippen LogP contribution >= 0.6 is 0 Å². The molecule has 1 saturated heterocycles. The van der Waals surface area contributed by atoms with Crippen molar-refractivity contribution in [2.75, 3.05) is 19.0 Å². The zero-order chi connectivity index (χ0) is 43.4. The van der Waals surface area contributed by atoms with E-state index in [4.69, 9.17) is 18.9 Å². The van der Waals surface area contributed by atoms with Crippen LogP contribution in [0.3, 0.4) is 0 Å². The largest absolute Gasteiger partial charge is 0.462 e. The number of carbonyl (C=O) groups excluding carboxylic acids is 2. The number of aliphatic hydroxyl groups excluding tert-OH is 3. The van der Waals surface area contributed by atoms with Crippen molar-refractivity contribution in [2.24, 2.45) is 0 Å². The summed E-state index contributed by atoms with van der Waals surface area (Å²) in [7, 11) is -4.60. The third-order valence-electron chi connectivity index (χ3n) is 10.5. The van der Waals surface area contributed by atoms with Gasteiger partial charge in [-0.25, -0.2) is 0 Å². The van der Waals surface area contributed by atoms with Crippen LogP contribution in [0, 0.1) is 0 Å². The first kappa shape index (κ1) is 54.9. The topological polar surface area (TPSA) is 186 Å². The van der Waals surface area contributed by atoms with Gasteiger partial charge in [-0.1, -0.05) is 159 Å². The van der Waals surface area contributed by atoms with Crippen LogP contribution in [-0.4, -0.2) is 96.0 Å². The minimum atomic E-state index is -4.60. The molecule has 0 amide bonds. The molecular formula is C46H82O12S. The van der Waals surface area contributed by atoms with Crippen LogP contribution in [0.2, 0.25) is 0 Å². The molecular weight excluding hydrogens is 777 g/mol. The van der Waals surface area contributed by atoms with E-state index >= 15 is 0 Å². The van der Waals surface area contributed by atoms with Gasteiger partial charge in [0.2, 0.25) is 0 Å². The number of allylic oxidation sites excluding steroid dienone is 6. The van der Waals surface area contributed by atoms with Crippen molar-refractivity contribution in [1.29, 1.82) is 0 Å². The molecule has 0 bridgehead atoms. The molecule has 1 rings (SSSR count). The lowest BCUT2D eigenvalue weighted by Gasteiger charge is -2.40. The second kappa shape index (κ2) is 36.5. The quantitative estimate of drug-likeness (QED) is 0.0200. The maximum absolute atomic E-state index is 12.8. The molecule has 1 aliphatic rings. The first-order valence-electron chi connectivity index (χ1n) is 23.0. The summed E-state index contributed by atoms with van der Waals surface area (Å²) >= 11 is 0. The molecule has 0 aromatic carbocycles. The number of esters is 2. The summed E-state index contributed by atoms with van der Waals surface area (Å²) in [5.74, 6) is -2.03. The Kier molecular flexibility index (Phi) is 34.0. The number of carbonyl (C=O) groups is 2. The van der Waals surface area contributed by atoms with Gasteiger partial charge in [-0.15, -0.1) is 0 Å². The van der Waals surface area contributed by atoms with Crippen LogP contribution in [0.15, 0.2) is 36.5 Å². The molecule has 0 aromatic rings. The lowest BCUT2D eigenvalue weighted by molar-refractivity contribution is -0.297. The zero-order valence-corrected chi connectivity index (χ0v) is 37.4. The highest BCUT2D eigenvalue weighted by atomic mass is 32.2. The van der Waals surface area contributed by atoms with Gasteiger partial charge in [0.15, 0.2) is 12.4 Å². The van der Waals surface area contributed by atoms with Gasteiger partial charge in [0, 0.05) is 12.8 Å². The van der Waals surface area contributed by atoms with Crippen molar-refractivity contribution < 1.29 is 56.8 Å². The van der Waals surface area contributed by atoms with Crippen molar-refractivity contribution in [3.8, 4) is 0 Å². The normalized spacial score (nSPS) is 20.5. The van der Waals surface area contributed by atoms with E-state index in [2.05, 4.69) is 50.3 Å². The molecule has 6 atom stereocenters. The van der Waals surface area contributed by atoms with Crippen molar-refractivity contribution in [3.05, 3.63) is 36.5 Å². The average Bonchev–Trinajstić information content (AvgIpc) is 3.20. The predicted molar refractivity (Wildman–Crippen MR) is 233 cm³/mol. The Labute approximate surface area is 357 Å². The van der Waals surface area contributed by atoms with E-state index in [0.29, 0.717) is 12.8 Å². The third-order valence-corrected chi connectivity index (χ3v) is 11.2. The van der Waals surface area contributed by atoms with E-state index in [1.165, 1.54) is 96.3 Å². The lowest BCUT2D eigenvalue weighted by Crippen LogP contribution is -2.60. The minimum Gasteiger partial charge on any atom is -0.462 e. The highest BCUT2D eigenvalue weighted by molar-refractivity contribution is 7.85. The van der Waals surface area contributed by atoms with Gasteiger partial charge in [-0.2, -0.15) is 8.42 Å². The Bertz CT molecular complexity index is 1240. The minimum absolute atomic E-state index is 0.159.